The predicted octanol–water partition coefficient (Wildman–Crippen LogP) is 3.24. The van der Waals surface area contributed by atoms with E-state index in [4.69, 9.17) is 9.47 Å². The number of rotatable bonds is 5. The molecule has 2 rings (SSSR count). The van der Waals surface area contributed by atoms with Crippen molar-refractivity contribution < 1.29 is 14.3 Å². The van der Waals surface area contributed by atoms with Gasteiger partial charge in [-0.1, -0.05) is 30.3 Å². The minimum Gasteiger partial charge on any atom is -0.461 e. The summed E-state index contributed by atoms with van der Waals surface area (Å²) in [6.07, 6.45) is -0.198. The molecule has 0 radical (unpaired) electrons. The number of aromatic nitrogens is 1. The van der Waals surface area contributed by atoms with Gasteiger partial charge >= 0.3 is 5.97 Å². The van der Waals surface area contributed by atoms with Gasteiger partial charge in [-0.2, -0.15) is 0 Å². The van der Waals surface area contributed by atoms with E-state index in [-0.39, 0.29) is 12.1 Å². The quantitative estimate of drug-likeness (QED) is 0.851. The molecule has 0 bridgehead atoms. The molecule has 0 aliphatic heterocycles. The maximum atomic E-state index is 11.8. The molecule has 0 amide bonds. The molecule has 20 heavy (non-hydrogen) atoms. The van der Waals surface area contributed by atoms with Crippen molar-refractivity contribution in [1.29, 1.82) is 0 Å². The van der Waals surface area contributed by atoms with Gasteiger partial charge in [0.05, 0.1) is 6.61 Å². The normalized spacial score (nSPS) is 12.2. The average molecular weight is 273 g/mol. The van der Waals surface area contributed by atoms with Crippen molar-refractivity contribution in [1.82, 2.24) is 4.98 Å². The second-order valence-electron chi connectivity index (χ2n) is 4.51. The third-order valence-corrected chi connectivity index (χ3v) is 3.17. The summed E-state index contributed by atoms with van der Waals surface area (Å²) in [4.78, 5) is 14.8. The molecule has 1 aromatic carbocycles. The van der Waals surface area contributed by atoms with Crippen LogP contribution in [0.25, 0.3) is 0 Å². The summed E-state index contributed by atoms with van der Waals surface area (Å²) in [6, 6.07) is 11.7. The molecule has 1 atom stereocenters. The third kappa shape index (κ3) is 2.91. The zero-order valence-corrected chi connectivity index (χ0v) is 12.0. The molecule has 2 aromatic rings. The van der Waals surface area contributed by atoms with Crippen LogP contribution in [-0.4, -0.2) is 24.7 Å². The van der Waals surface area contributed by atoms with Crippen LogP contribution >= 0.6 is 0 Å². The van der Waals surface area contributed by atoms with Gasteiger partial charge in [0.2, 0.25) is 0 Å². The van der Waals surface area contributed by atoms with Gasteiger partial charge in [-0.25, -0.2) is 4.79 Å². The molecular weight excluding hydrogens is 254 g/mol. The maximum absolute atomic E-state index is 11.8. The van der Waals surface area contributed by atoms with E-state index in [0.29, 0.717) is 12.3 Å². The number of aromatic amines is 1. The first-order chi connectivity index (χ1) is 9.67. The van der Waals surface area contributed by atoms with E-state index >= 15 is 0 Å². The molecule has 0 fully saturated rings. The van der Waals surface area contributed by atoms with Crippen molar-refractivity contribution >= 4 is 5.97 Å². The van der Waals surface area contributed by atoms with Crippen LogP contribution in [0.3, 0.4) is 0 Å². The van der Waals surface area contributed by atoms with E-state index in [1.54, 1.807) is 20.1 Å². The molecule has 0 saturated heterocycles. The summed E-state index contributed by atoms with van der Waals surface area (Å²) in [6.45, 7) is 4.07. The second-order valence-corrected chi connectivity index (χ2v) is 4.51. The van der Waals surface area contributed by atoms with E-state index in [9.17, 15) is 4.79 Å². The van der Waals surface area contributed by atoms with Crippen LogP contribution < -0.4 is 0 Å². The van der Waals surface area contributed by atoms with Gasteiger partial charge in [-0.3, -0.25) is 0 Å². The summed E-state index contributed by atoms with van der Waals surface area (Å²) in [5, 5.41) is 0. The lowest BCUT2D eigenvalue weighted by Gasteiger charge is -2.15. The highest BCUT2D eigenvalue weighted by atomic mass is 16.5. The SMILES string of the molecule is CCOC(=O)c1cc(C(OC)c2ccccc2)c(C)[nH]1. The van der Waals surface area contributed by atoms with Crippen molar-refractivity contribution in [2.45, 2.75) is 20.0 Å². The van der Waals surface area contributed by atoms with Gasteiger partial charge in [0.25, 0.3) is 0 Å². The van der Waals surface area contributed by atoms with Crippen molar-refractivity contribution in [3.8, 4) is 0 Å². The lowest BCUT2D eigenvalue weighted by Crippen LogP contribution is -2.05. The van der Waals surface area contributed by atoms with Crippen LogP contribution in [-0.2, 0) is 9.47 Å². The highest BCUT2D eigenvalue weighted by molar-refractivity contribution is 5.88. The van der Waals surface area contributed by atoms with Crippen molar-refractivity contribution in [2.75, 3.05) is 13.7 Å². The first-order valence-corrected chi connectivity index (χ1v) is 6.61. The smallest absolute Gasteiger partial charge is 0.354 e. The number of hydrogen-bond donors (Lipinski definition) is 1. The van der Waals surface area contributed by atoms with Gasteiger partial charge in [0.1, 0.15) is 11.8 Å². The summed E-state index contributed by atoms with van der Waals surface area (Å²) in [5.41, 5.74) is 3.36. The molecule has 1 unspecified atom stereocenters. The zero-order chi connectivity index (χ0) is 14.5. The number of nitrogens with one attached hydrogen (secondary N) is 1. The molecule has 4 nitrogen and oxygen atoms in total. The predicted molar refractivity (Wildman–Crippen MR) is 76.8 cm³/mol. The number of ether oxygens (including phenoxy) is 2. The highest BCUT2D eigenvalue weighted by Crippen LogP contribution is 2.28. The number of aryl methyl sites for hydroxylation is 1. The van der Waals surface area contributed by atoms with E-state index < -0.39 is 0 Å². The molecule has 106 valence electrons. The van der Waals surface area contributed by atoms with E-state index in [0.717, 1.165) is 16.8 Å². The van der Waals surface area contributed by atoms with Crippen LogP contribution in [0.1, 0.15) is 40.3 Å². The Morgan fingerprint density at radius 1 is 1.30 bits per heavy atom. The Kier molecular flexibility index (Phi) is 4.58. The van der Waals surface area contributed by atoms with Crippen molar-refractivity contribution in [2.24, 2.45) is 0 Å². The van der Waals surface area contributed by atoms with Crippen LogP contribution in [0.5, 0.6) is 0 Å². The maximum Gasteiger partial charge on any atom is 0.354 e. The third-order valence-electron chi connectivity index (χ3n) is 3.17. The Bertz CT molecular complexity index is 575. The molecule has 0 aliphatic rings. The van der Waals surface area contributed by atoms with Gasteiger partial charge < -0.3 is 14.5 Å². The molecule has 1 heterocycles. The van der Waals surface area contributed by atoms with E-state index in [2.05, 4.69) is 4.98 Å². The molecule has 1 N–H and O–H groups in total. The number of H-pyrrole nitrogens is 1. The Morgan fingerprint density at radius 2 is 2.00 bits per heavy atom. The molecule has 0 aliphatic carbocycles. The highest BCUT2D eigenvalue weighted by Gasteiger charge is 2.20. The van der Waals surface area contributed by atoms with Gasteiger partial charge in [0.15, 0.2) is 0 Å². The van der Waals surface area contributed by atoms with Crippen LogP contribution in [0.4, 0.5) is 0 Å². The Labute approximate surface area is 118 Å². The van der Waals surface area contributed by atoms with Gasteiger partial charge in [0, 0.05) is 18.4 Å². The minimum absolute atomic E-state index is 0.198. The van der Waals surface area contributed by atoms with E-state index in [1.165, 1.54) is 0 Å². The Hall–Kier alpha value is -2.07. The van der Waals surface area contributed by atoms with Crippen LogP contribution in [0, 0.1) is 6.92 Å². The molecule has 0 saturated carbocycles. The number of methoxy groups -OCH3 is 1. The number of esters is 1. The minimum atomic E-state index is -0.343. The number of benzene rings is 1. The molecule has 4 heteroatoms. The molecular formula is C16H19NO3. The summed E-state index contributed by atoms with van der Waals surface area (Å²) in [7, 11) is 1.66. The summed E-state index contributed by atoms with van der Waals surface area (Å²) in [5.74, 6) is -0.343. The number of hydrogen-bond acceptors (Lipinski definition) is 3. The summed E-state index contributed by atoms with van der Waals surface area (Å²) >= 11 is 0. The Balaban J connectivity index is 2.34. The number of carbonyl (C=O) groups excluding carboxylic acids is 1. The first-order valence-electron chi connectivity index (χ1n) is 6.61. The zero-order valence-electron chi connectivity index (χ0n) is 12.0. The van der Waals surface area contributed by atoms with Crippen LogP contribution in [0.2, 0.25) is 0 Å². The van der Waals surface area contributed by atoms with Crippen molar-refractivity contribution in [3.63, 3.8) is 0 Å². The lowest BCUT2D eigenvalue weighted by atomic mass is 10.0. The first kappa shape index (κ1) is 14.3. The lowest BCUT2D eigenvalue weighted by molar-refractivity contribution is 0.0520. The van der Waals surface area contributed by atoms with Gasteiger partial charge in [-0.15, -0.1) is 0 Å². The molecule has 1 aromatic heterocycles. The number of carbonyl (C=O) groups is 1. The summed E-state index contributed by atoms with van der Waals surface area (Å²) < 4.78 is 10.6. The largest absolute Gasteiger partial charge is 0.461 e. The fraction of sp³-hybridized carbons (Fsp3) is 0.312. The Morgan fingerprint density at radius 3 is 2.60 bits per heavy atom. The monoisotopic (exact) mass is 273 g/mol. The second kappa shape index (κ2) is 6.39. The fourth-order valence-corrected chi connectivity index (χ4v) is 2.24. The topological polar surface area (TPSA) is 51.3 Å². The van der Waals surface area contributed by atoms with Gasteiger partial charge in [-0.05, 0) is 25.5 Å². The fourth-order valence-electron chi connectivity index (χ4n) is 2.24. The van der Waals surface area contributed by atoms with Crippen molar-refractivity contribution in [3.05, 3.63) is 58.9 Å². The standard InChI is InChI=1S/C16H19NO3/c1-4-20-16(18)14-10-13(11(2)17-14)15(19-3)12-8-6-5-7-9-12/h5-10,15,17H,4H2,1-3H3. The average Bonchev–Trinajstić information content (AvgIpc) is 2.84. The van der Waals surface area contributed by atoms with E-state index in [1.807, 2.05) is 37.3 Å². The van der Waals surface area contributed by atoms with Crippen LogP contribution in [0.15, 0.2) is 36.4 Å². The molecule has 0 spiro atoms.